The van der Waals surface area contributed by atoms with Crippen molar-refractivity contribution in [3.63, 3.8) is 0 Å². The molecule has 0 radical (unpaired) electrons. The molecule has 32 heavy (non-hydrogen) atoms. The van der Waals surface area contributed by atoms with Crippen LogP contribution in [0, 0.1) is 10.1 Å². The highest BCUT2D eigenvalue weighted by atomic mass is 35.5. The summed E-state index contributed by atoms with van der Waals surface area (Å²) < 4.78 is 5.03. The minimum absolute atomic E-state index is 0.0211. The van der Waals surface area contributed by atoms with E-state index in [1.165, 1.54) is 19.1 Å². The Bertz CT molecular complexity index is 1030. The number of amides is 2. The van der Waals surface area contributed by atoms with E-state index in [0.29, 0.717) is 5.69 Å². The summed E-state index contributed by atoms with van der Waals surface area (Å²) in [6.07, 6.45) is -1.10. The first-order valence-electron chi connectivity index (χ1n) is 9.71. The molecule has 0 fully saturated rings. The van der Waals surface area contributed by atoms with Gasteiger partial charge in [0.15, 0.2) is 6.10 Å². The molecule has 2 aromatic rings. The number of hydrogen-bond acceptors (Lipinski definition) is 6. The van der Waals surface area contributed by atoms with E-state index in [1.807, 2.05) is 12.1 Å². The molecule has 0 bridgehead atoms. The minimum atomic E-state index is -1.10. The molecule has 2 N–H and O–H groups in total. The second kappa shape index (κ2) is 10.2. The van der Waals surface area contributed by atoms with Crippen LogP contribution in [0.4, 0.5) is 11.4 Å². The van der Waals surface area contributed by atoms with Crippen LogP contribution in [0.1, 0.15) is 43.6 Å². The fraction of sp³-hybridized carbons (Fsp3) is 0.318. The lowest BCUT2D eigenvalue weighted by atomic mass is 9.87. The van der Waals surface area contributed by atoms with Crippen LogP contribution in [0.15, 0.2) is 42.5 Å². The Kier molecular flexibility index (Phi) is 7.93. The van der Waals surface area contributed by atoms with Crippen LogP contribution in [0.3, 0.4) is 0 Å². The normalized spacial score (nSPS) is 11.9. The summed E-state index contributed by atoms with van der Waals surface area (Å²) in [6.45, 7) is 7.12. The number of anilines is 1. The SMILES string of the molecule is CC(OC(=O)CNC(=O)c1ccc(Cl)c([N+](=O)[O-])c1)C(=O)Nc1ccc(C(C)(C)C)cc1. The summed E-state index contributed by atoms with van der Waals surface area (Å²) >= 11 is 5.71. The number of benzene rings is 2. The van der Waals surface area contributed by atoms with Crippen molar-refractivity contribution in [1.29, 1.82) is 0 Å². The Hall–Kier alpha value is -3.46. The Morgan fingerprint density at radius 3 is 2.31 bits per heavy atom. The first-order chi connectivity index (χ1) is 14.9. The summed E-state index contributed by atoms with van der Waals surface area (Å²) in [5.74, 6) is -2.09. The van der Waals surface area contributed by atoms with Crippen molar-refractivity contribution in [2.75, 3.05) is 11.9 Å². The van der Waals surface area contributed by atoms with Crippen LogP contribution in [-0.4, -0.2) is 35.4 Å². The van der Waals surface area contributed by atoms with E-state index in [0.717, 1.165) is 11.6 Å². The van der Waals surface area contributed by atoms with Gasteiger partial charge in [0.1, 0.15) is 11.6 Å². The fourth-order valence-electron chi connectivity index (χ4n) is 2.64. The van der Waals surface area contributed by atoms with Gasteiger partial charge in [-0.2, -0.15) is 0 Å². The third-order valence-corrected chi connectivity index (χ3v) is 4.81. The maximum absolute atomic E-state index is 12.3. The Morgan fingerprint density at radius 1 is 1.12 bits per heavy atom. The van der Waals surface area contributed by atoms with Crippen LogP contribution < -0.4 is 10.6 Å². The number of ether oxygens (including phenoxy) is 1. The molecule has 0 spiro atoms. The quantitative estimate of drug-likeness (QED) is 0.366. The van der Waals surface area contributed by atoms with Gasteiger partial charge in [0.25, 0.3) is 17.5 Å². The molecule has 0 saturated heterocycles. The summed E-state index contributed by atoms with van der Waals surface area (Å²) in [6, 6.07) is 10.8. The van der Waals surface area contributed by atoms with Crippen LogP contribution in [0.25, 0.3) is 0 Å². The minimum Gasteiger partial charge on any atom is -0.451 e. The van der Waals surface area contributed by atoms with E-state index >= 15 is 0 Å². The lowest BCUT2D eigenvalue weighted by Crippen LogP contribution is -2.35. The first kappa shape index (κ1) is 24.8. The van der Waals surface area contributed by atoms with Gasteiger partial charge in [-0.3, -0.25) is 24.5 Å². The van der Waals surface area contributed by atoms with E-state index in [1.54, 1.807) is 12.1 Å². The van der Waals surface area contributed by atoms with Gasteiger partial charge in [-0.05, 0) is 42.2 Å². The first-order valence-corrected chi connectivity index (χ1v) is 10.1. The average molecular weight is 462 g/mol. The number of nitrogens with zero attached hydrogens (tertiary/aromatic N) is 1. The molecule has 2 aromatic carbocycles. The zero-order valence-corrected chi connectivity index (χ0v) is 18.9. The maximum Gasteiger partial charge on any atom is 0.326 e. The lowest BCUT2D eigenvalue weighted by molar-refractivity contribution is -0.384. The predicted molar refractivity (Wildman–Crippen MR) is 120 cm³/mol. The summed E-state index contributed by atoms with van der Waals surface area (Å²) in [5, 5.41) is 15.8. The molecule has 10 heteroatoms. The number of hydrogen-bond donors (Lipinski definition) is 2. The van der Waals surface area contributed by atoms with E-state index in [2.05, 4.69) is 31.4 Å². The molecule has 0 aromatic heterocycles. The molecule has 0 aliphatic rings. The predicted octanol–water partition coefficient (Wildman–Crippen LogP) is 3.85. The van der Waals surface area contributed by atoms with Gasteiger partial charge in [-0.25, -0.2) is 0 Å². The summed E-state index contributed by atoms with van der Waals surface area (Å²) in [7, 11) is 0. The number of esters is 1. The van der Waals surface area contributed by atoms with E-state index in [-0.39, 0.29) is 16.0 Å². The third kappa shape index (κ3) is 6.78. The van der Waals surface area contributed by atoms with Gasteiger partial charge >= 0.3 is 5.97 Å². The molecule has 0 aliphatic heterocycles. The molecule has 2 amide bonds. The number of nitrogens with one attached hydrogen (secondary N) is 2. The monoisotopic (exact) mass is 461 g/mol. The van der Waals surface area contributed by atoms with Gasteiger partial charge in [0, 0.05) is 17.3 Å². The van der Waals surface area contributed by atoms with Crippen molar-refractivity contribution in [3.05, 3.63) is 68.7 Å². The number of nitro groups is 1. The fourth-order valence-corrected chi connectivity index (χ4v) is 2.82. The van der Waals surface area contributed by atoms with Gasteiger partial charge in [-0.1, -0.05) is 44.5 Å². The average Bonchev–Trinajstić information content (AvgIpc) is 2.71. The van der Waals surface area contributed by atoms with Gasteiger partial charge in [0.05, 0.1) is 4.92 Å². The van der Waals surface area contributed by atoms with E-state index < -0.39 is 41.0 Å². The van der Waals surface area contributed by atoms with Crippen molar-refractivity contribution in [2.24, 2.45) is 0 Å². The van der Waals surface area contributed by atoms with Gasteiger partial charge in [0.2, 0.25) is 0 Å². The Balaban J connectivity index is 1.87. The molecule has 9 nitrogen and oxygen atoms in total. The standard InChI is InChI=1S/C22H24ClN3O6/c1-13(20(28)25-16-8-6-15(7-9-16)22(2,3)4)32-19(27)12-24-21(29)14-5-10-17(23)18(11-14)26(30)31/h5-11,13H,12H2,1-4H3,(H,24,29)(H,25,28). The smallest absolute Gasteiger partial charge is 0.326 e. The van der Waals surface area contributed by atoms with Crippen molar-refractivity contribution in [2.45, 2.75) is 39.2 Å². The second-order valence-electron chi connectivity index (χ2n) is 8.05. The number of halogens is 1. The molecule has 0 saturated carbocycles. The van der Waals surface area contributed by atoms with Gasteiger partial charge < -0.3 is 15.4 Å². The number of nitro benzene ring substituents is 1. The highest BCUT2D eigenvalue weighted by molar-refractivity contribution is 6.32. The molecule has 0 aliphatic carbocycles. The molecule has 2 rings (SSSR count). The third-order valence-electron chi connectivity index (χ3n) is 4.49. The molecular weight excluding hydrogens is 438 g/mol. The van der Waals surface area contributed by atoms with Crippen molar-refractivity contribution < 1.29 is 24.0 Å². The number of carbonyl (C=O) groups excluding carboxylic acids is 3. The zero-order chi connectivity index (χ0) is 24.1. The van der Waals surface area contributed by atoms with Crippen LogP contribution in [0.2, 0.25) is 5.02 Å². The summed E-state index contributed by atoms with van der Waals surface area (Å²) in [4.78, 5) is 46.6. The second-order valence-corrected chi connectivity index (χ2v) is 8.46. The molecule has 0 heterocycles. The van der Waals surface area contributed by atoms with Crippen molar-refractivity contribution in [1.82, 2.24) is 5.32 Å². The molecule has 170 valence electrons. The van der Waals surface area contributed by atoms with Crippen LogP contribution in [-0.2, 0) is 19.7 Å². The van der Waals surface area contributed by atoms with Crippen LogP contribution >= 0.6 is 11.6 Å². The highest BCUT2D eigenvalue weighted by Gasteiger charge is 2.20. The zero-order valence-electron chi connectivity index (χ0n) is 18.1. The van der Waals surface area contributed by atoms with Crippen molar-refractivity contribution in [3.8, 4) is 0 Å². The van der Waals surface area contributed by atoms with Crippen molar-refractivity contribution >= 4 is 40.8 Å². The maximum atomic E-state index is 12.3. The molecular formula is C22H24ClN3O6. The summed E-state index contributed by atoms with van der Waals surface area (Å²) in [5.41, 5.74) is 1.17. The number of rotatable bonds is 7. The van der Waals surface area contributed by atoms with E-state index in [4.69, 9.17) is 16.3 Å². The lowest BCUT2D eigenvalue weighted by Gasteiger charge is -2.19. The Labute approximate surface area is 190 Å². The van der Waals surface area contributed by atoms with E-state index in [9.17, 15) is 24.5 Å². The molecule has 1 unspecified atom stereocenters. The number of carbonyl (C=O) groups is 3. The largest absolute Gasteiger partial charge is 0.451 e. The topological polar surface area (TPSA) is 128 Å². The Morgan fingerprint density at radius 2 is 1.75 bits per heavy atom. The molecule has 1 atom stereocenters. The highest BCUT2D eigenvalue weighted by Crippen LogP contribution is 2.25. The van der Waals surface area contributed by atoms with Gasteiger partial charge in [-0.15, -0.1) is 0 Å². The van der Waals surface area contributed by atoms with Crippen LogP contribution in [0.5, 0.6) is 0 Å².